The number of aryl methyl sites for hydroxylation is 2. The van der Waals surface area contributed by atoms with E-state index in [4.69, 9.17) is 9.84 Å². The van der Waals surface area contributed by atoms with E-state index >= 15 is 0 Å². The molecular formula is C28H25N3O4S2. The summed E-state index contributed by atoms with van der Waals surface area (Å²) in [4.78, 5) is 25.9. The fraction of sp³-hybridized carbons (Fsp3) is 0.179. The molecule has 0 bridgehead atoms. The third-order valence-electron chi connectivity index (χ3n) is 6.15. The summed E-state index contributed by atoms with van der Waals surface area (Å²) in [5.74, 6) is -0.257. The molecule has 1 amide bonds. The van der Waals surface area contributed by atoms with E-state index in [0.717, 1.165) is 47.0 Å². The number of fused-ring (bicyclic) bond motifs is 1. The van der Waals surface area contributed by atoms with Gasteiger partial charge < -0.3 is 9.84 Å². The summed E-state index contributed by atoms with van der Waals surface area (Å²) in [7, 11) is 1.78. The molecule has 9 heteroatoms. The van der Waals surface area contributed by atoms with Crippen molar-refractivity contribution in [2.24, 2.45) is 7.05 Å². The summed E-state index contributed by atoms with van der Waals surface area (Å²) < 4.78 is 9.49. The lowest BCUT2D eigenvalue weighted by molar-refractivity contribution is -0.136. The Kier molecular flexibility index (Phi) is 6.82. The van der Waals surface area contributed by atoms with Crippen molar-refractivity contribution in [3.8, 4) is 20.9 Å². The number of nitrogens with zero attached hydrogens (tertiary/aromatic N) is 2. The van der Waals surface area contributed by atoms with Crippen molar-refractivity contribution in [1.82, 2.24) is 9.78 Å². The van der Waals surface area contributed by atoms with E-state index in [-0.39, 0.29) is 12.5 Å². The first-order chi connectivity index (χ1) is 17.8. The van der Waals surface area contributed by atoms with Crippen molar-refractivity contribution in [2.75, 3.05) is 5.32 Å². The quantitative estimate of drug-likeness (QED) is 0.230. The van der Waals surface area contributed by atoms with Crippen LogP contribution in [0.15, 0.2) is 66.9 Å². The van der Waals surface area contributed by atoms with Crippen LogP contribution in [0.25, 0.3) is 30.3 Å². The van der Waals surface area contributed by atoms with Gasteiger partial charge in [0.25, 0.3) is 0 Å². The monoisotopic (exact) mass is 531 g/mol. The Balaban J connectivity index is 1.35. The summed E-state index contributed by atoms with van der Waals surface area (Å²) >= 11 is 3.32. The topological polar surface area (TPSA) is 93.5 Å². The predicted molar refractivity (Wildman–Crippen MR) is 148 cm³/mol. The first-order valence-corrected chi connectivity index (χ1v) is 13.3. The van der Waals surface area contributed by atoms with Gasteiger partial charge in [0.1, 0.15) is 11.9 Å². The second-order valence-electron chi connectivity index (χ2n) is 8.78. The van der Waals surface area contributed by atoms with Crippen LogP contribution in [0, 0.1) is 6.92 Å². The standard InChI is InChI=1S/C28H25N3O4S2/c1-16-11-20(10-9-19(16)12-26(32)33)22-13-24-25(36-22)14-23(37-24)21-15-29-31(3)27(21)30-28(34)35-17(2)18-7-5-4-6-8-18/h4-11,13-15,17H,12H2,1-3H3,(H,30,34)(H,32,33)/t17-/m1/s1. The van der Waals surface area contributed by atoms with Crippen LogP contribution >= 0.6 is 22.7 Å². The number of ether oxygens (including phenoxy) is 1. The molecule has 0 saturated carbocycles. The maximum atomic E-state index is 12.7. The van der Waals surface area contributed by atoms with Gasteiger partial charge in [0, 0.05) is 26.2 Å². The second-order valence-corrected chi connectivity index (χ2v) is 10.9. The zero-order valence-electron chi connectivity index (χ0n) is 20.5. The zero-order valence-corrected chi connectivity index (χ0v) is 22.2. The smallest absolute Gasteiger partial charge is 0.413 e. The Bertz CT molecular complexity index is 1570. The molecule has 0 aliphatic carbocycles. The van der Waals surface area contributed by atoms with Gasteiger partial charge in [0.05, 0.1) is 18.2 Å². The molecule has 7 nitrogen and oxygen atoms in total. The van der Waals surface area contributed by atoms with Crippen molar-refractivity contribution in [3.63, 3.8) is 0 Å². The van der Waals surface area contributed by atoms with E-state index < -0.39 is 12.1 Å². The second kappa shape index (κ2) is 10.2. The van der Waals surface area contributed by atoms with Gasteiger partial charge in [-0.2, -0.15) is 5.10 Å². The summed E-state index contributed by atoms with van der Waals surface area (Å²) in [5.41, 5.74) is 4.61. The molecule has 0 unspecified atom stereocenters. The van der Waals surface area contributed by atoms with E-state index in [1.54, 1.807) is 40.6 Å². The average Bonchev–Trinajstić information content (AvgIpc) is 3.54. The summed E-state index contributed by atoms with van der Waals surface area (Å²) in [6, 6.07) is 19.8. The van der Waals surface area contributed by atoms with Gasteiger partial charge in [-0.3, -0.25) is 14.8 Å². The number of carboxylic acid groups (broad SMARTS) is 1. The molecular weight excluding hydrogens is 506 g/mol. The molecule has 0 aliphatic heterocycles. The number of anilines is 1. The number of hydrogen-bond acceptors (Lipinski definition) is 6. The minimum atomic E-state index is -0.830. The number of rotatable bonds is 7. The normalized spacial score (nSPS) is 12.0. The summed E-state index contributed by atoms with van der Waals surface area (Å²) in [6.07, 6.45) is 0.848. The number of carboxylic acids is 1. The van der Waals surface area contributed by atoms with Gasteiger partial charge in [-0.05, 0) is 48.2 Å². The molecule has 2 N–H and O–H groups in total. The van der Waals surface area contributed by atoms with Crippen LogP contribution in [-0.2, 0) is 23.0 Å². The Hall–Kier alpha value is -3.95. The molecule has 2 aromatic carbocycles. The highest BCUT2D eigenvalue weighted by atomic mass is 32.1. The Morgan fingerprint density at radius 1 is 1.05 bits per heavy atom. The van der Waals surface area contributed by atoms with E-state index in [2.05, 4.69) is 22.5 Å². The lowest BCUT2D eigenvalue weighted by Crippen LogP contribution is -2.18. The van der Waals surface area contributed by atoms with Crippen molar-refractivity contribution >= 4 is 50.0 Å². The van der Waals surface area contributed by atoms with E-state index in [0.29, 0.717) is 5.82 Å². The first kappa shape index (κ1) is 24.7. The Morgan fingerprint density at radius 3 is 2.46 bits per heavy atom. The zero-order chi connectivity index (χ0) is 26.1. The molecule has 0 radical (unpaired) electrons. The van der Waals surface area contributed by atoms with Gasteiger partial charge in [0.2, 0.25) is 0 Å². The highest BCUT2D eigenvalue weighted by molar-refractivity contribution is 7.31. The van der Waals surface area contributed by atoms with E-state index in [1.807, 2.05) is 62.4 Å². The van der Waals surface area contributed by atoms with E-state index in [9.17, 15) is 9.59 Å². The van der Waals surface area contributed by atoms with Crippen LogP contribution in [0.2, 0.25) is 0 Å². The fourth-order valence-corrected chi connectivity index (χ4v) is 6.57. The number of benzene rings is 2. The van der Waals surface area contributed by atoms with Crippen molar-refractivity contribution in [3.05, 3.63) is 83.6 Å². The van der Waals surface area contributed by atoms with Crippen LogP contribution in [0.1, 0.15) is 29.7 Å². The summed E-state index contributed by atoms with van der Waals surface area (Å²) in [5, 5.41) is 16.3. The molecule has 0 spiro atoms. The first-order valence-electron chi connectivity index (χ1n) is 11.7. The van der Waals surface area contributed by atoms with Gasteiger partial charge in [-0.25, -0.2) is 4.79 Å². The van der Waals surface area contributed by atoms with Gasteiger partial charge >= 0.3 is 12.1 Å². The molecule has 0 fully saturated rings. The molecule has 188 valence electrons. The van der Waals surface area contributed by atoms with Crippen molar-refractivity contribution in [2.45, 2.75) is 26.4 Å². The molecule has 1 atom stereocenters. The van der Waals surface area contributed by atoms with Crippen molar-refractivity contribution < 1.29 is 19.4 Å². The lowest BCUT2D eigenvalue weighted by Gasteiger charge is -2.14. The Labute approximate surface area is 222 Å². The van der Waals surface area contributed by atoms with Crippen molar-refractivity contribution in [1.29, 1.82) is 0 Å². The maximum absolute atomic E-state index is 12.7. The maximum Gasteiger partial charge on any atom is 0.413 e. The van der Waals surface area contributed by atoms with Crippen LogP contribution in [0.5, 0.6) is 0 Å². The molecule has 5 aromatic rings. The van der Waals surface area contributed by atoms with E-state index in [1.165, 1.54) is 0 Å². The lowest BCUT2D eigenvalue weighted by atomic mass is 10.0. The molecule has 37 heavy (non-hydrogen) atoms. The third kappa shape index (κ3) is 5.28. The minimum Gasteiger partial charge on any atom is -0.481 e. The van der Waals surface area contributed by atoms with Crippen LogP contribution in [0.3, 0.4) is 0 Å². The number of carbonyl (C=O) groups excluding carboxylic acids is 1. The molecule has 3 heterocycles. The molecule has 0 saturated heterocycles. The van der Waals surface area contributed by atoms with Gasteiger partial charge in [-0.15, -0.1) is 22.7 Å². The number of thiophene rings is 2. The van der Waals surface area contributed by atoms with Crippen LogP contribution in [-0.4, -0.2) is 26.9 Å². The fourth-order valence-electron chi connectivity index (χ4n) is 4.17. The highest BCUT2D eigenvalue weighted by Crippen LogP contribution is 2.43. The number of nitrogens with one attached hydrogen (secondary N) is 1. The number of hydrogen-bond donors (Lipinski definition) is 2. The number of carbonyl (C=O) groups is 2. The Morgan fingerprint density at radius 2 is 1.76 bits per heavy atom. The molecule has 0 aliphatic rings. The largest absolute Gasteiger partial charge is 0.481 e. The van der Waals surface area contributed by atoms with Gasteiger partial charge in [0.15, 0.2) is 0 Å². The molecule has 5 rings (SSSR count). The van der Waals surface area contributed by atoms with Crippen LogP contribution in [0.4, 0.5) is 10.6 Å². The predicted octanol–water partition coefficient (Wildman–Crippen LogP) is 7.28. The van der Waals surface area contributed by atoms with Gasteiger partial charge in [-0.1, -0.05) is 48.5 Å². The third-order valence-corrected chi connectivity index (χ3v) is 8.53. The minimum absolute atomic E-state index is 0.0230. The van der Waals surface area contributed by atoms with Crippen LogP contribution < -0.4 is 5.32 Å². The number of amides is 1. The average molecular weight is 532 g/mol. The molecule has 3 aromatic heterocycles. The summed E-state index contributed by atoms with van der Waals surface area (Å²) in [6.45, 7) is 3.78. The number of aromatic nitrogens is 2. The number of aliphatic carboxylic acids is 1. The highest BCUT2D eigenvalue weighted by Gasteiger charge is 2.19. The SMILES string of the molecule is Cc1cc(-c2cc3sc(-c4cnn(C)c4NC(=O)O[C@H](C)c4ccccc4)cc3s2)ccc1CC(=O)O.